The van der Waals surface area contributed by atoms with Crippen LogP contribution in [-0.2, 0) is 4.79 Å². The first-order valence-corrected chi connectivity index (χ1v) is 5.58. The van der Waals surface area contributed by atoms with E-state index >= 15 is 0 Å². The van der Waals surface area contributed by atoms with E-state index in [1.807, 2.05) is 0 Å². The molecule has 0 saturated heterocycles. The molecule has 1 rings (SSSR count). The maximum atomic E-state index is 11.2. The first-order valence-electron chi connectivity index (χ1n) is 5.58. The number of azide groups is 1. The van der Waals surface area contributed by atoms with Gasteiger partial charge >= 0.3 is 5.97 Å². The van der Waals surface area contributed by atoms with Gasteiger partial charge in [0.25, 0.3) is 0 Å². The zero-order valence-corrected chi connectivity index (χ0v) is 9.52. The molecular weight excluding hydrogens is 208 g/mol. The van der Waals surface area contributed by atoms with Gasteiger partial charge in [0.1, 0.15) is 5.54 Å². The zero-order chi connectivity index (χ0) is 12.0. The van der Waals surface area contributed by atoms with Crippen molar-refractivity contribution < 1.29 is 9.90 Å². The molecule has 1 fully saturated rings. The number of carboxylic acid groups (broad SMARTS) is 1. The standard InChI is InChI=1S/C10H18N4O2/c1-10(9(15)16,7-8-3-2-4-8)12-5-6-13-14-11/h8,12H,2-7H2,1H3,(H,15,16). The number of nitrogens with zero attached hydrogens (tertiary/aromatic N) is 3. The highest BCUT2D eigenvalue weighted by molar-refractivity contribution is 5.78. The number of aliphatic carboxylic acids is 1. The van der Waals surface area contributed by atoms with E-state index in [-0.39, 0.29) is 6.54 Å². The molecule has 0 bridgehead atoms. The molecule has 1 atom stereocenters. The van der Waals surface area contributed by atoms with Crippen LogP contribution in [0.2, 0.25) is 0 Å². The van der Waals surface area contributed by atoms with Crippen molar-refractivity contribution in [1.82, 2.24) is 5.32 Å². The van der Waals surface area contributed by atoms with Crippen molar-refractivity contribution in [3.05, 3.63) is 10.4 Å². The Labute approximate surface area is 94.7 Å². The van der Waals surface area contributed by atoms with Gasteiger partial charge < -0.3 is 10.4 Å². The van der Waals surface area contributed by atoms with Gasteiger partial charge in [0.15, 0.2) is 0 Å². The van der Waals surface area contributed by atoms with Crippen LogP contribution < -0.4 is 5.32 Å². The van der Waals surface area contributed by atoms with Crippen LogP contribution in [0.3, 0.4) is 0 Å². The third-order valence-electron chi connectivity index (χ3n) is 3.18. The van der Waals surface area contributed by atoms with E-state index < -0.39 is 11.5 Å². The Bertz CT molecular complexity index is 297. The van der Waals surface area contributed by atoms with E-state index in [0.717, 1.165) is 12.8 Å². The summed E-state index contributed by atoms with van der Waals surface area (Å²) in [5.74, 6) is -0.312. The van der Waals surface area contributed by atoms with Gasteiger partial charge in [-0.15, -0.1) is 0 Å². The molecule has 0 radical (unpaired) electrons. The lowest BCUT2D eigenvalue weighted by molar-refractivity contribution is -0.145. The van der Waals surface area contributed by atoms with Gasteiger partial charge in [-0.1, -0.05) is 24.4 Å². The highest BCUT2D eigenvalue weighted by Crippen LogP contribution is 2.33. The molecule has 1 unspecified atom stereocenters. The normalized spacial score (nSPS) is 19.3. The molecule has 0 spiro atoms. The predicted octanol–water partition coefficient (Wildman–Crippen LogP) is 1.92. The average molecular weight is 226 g/mol. The van der Waals surface area contributed by atoms with E-state index in [9.17, 15) is 9.90 Å². The molecule has 0 amide bonds. The van der Waals surface area contributed by atoms with Gasteiger partial charge in [-0.2, -0.15) is 0 Å². The average Bonchev–Trinajstić information content (AvgIpc) is 2.18. The second-order valence-electron chi connectivity index (χ2n) is 4.52. The fourth-order valence-corrected chi connectivity index (χ4v) is 1.94. The van der Waals surface area contributed by atoms with Gasteiger partial charge in [-0.05, 0) is 24.8 Å². The van der Waals surface area contributed by atoms with Crippen molar-refractivity contribution >= 4 is 5.97 Å². The number of hydrogen-bond donors (Lipinski definition) is 2. The summed E-state index contributed by atoms with van der Waals surface area (Å²) in [6.07, 6.45) is 4.11. The van der Waals surface area contributed by atoms with Crippen LogP contribution in [-0.4, -0.2) is 29.7 Å². The van der Waals surface area contributed by atoms with Crippen LogP contribution in [0.4, 0.5) is 0 Å². The molecule has 0 aromatic heterocycles. The van der Waals surface area contributed by atoms with E-state index in [2.05, 4.69) is 15.3 Å². The van der Waals surface area contributed by atoms with Crippen LogP contribution >= 0.6 is 0 Å². The summed E-state index contributed by atoms with van der Waals surface area (Å²) in [4.78, 5) is 13.8. The number of rotatable bonds is 7. The number of hydrogen-bond acceptors (Lipinski definition) is 3. The molecule has 6 nitrogen and oxygen atoms in total. The Kier molecular flexibility index (Phi) is 4.58. The number of carbonyl (C=O) groups is 1. The Morgan fingerprint density at radius 3 is 2.81 bits per heavy atom. The van der Waals surface area contributed by atoms with Crippen LogP contribution in [0.5, 0.6) is 0 Å². The Morgan fingerprint density at radius 1 is 1.69 bits per heavy atom. The smallest absolute Gasteiger partial charge is 0.323 e. The summed E-state index contributed by atoms with van der Waals surface area (Å²) in [5.41, 5.74) is 7.22. The molecule has 1 aliphatic carbocycles. The number of carboxylic acids is 1. The fraction of sp³-hybridized carbons (Fsp3) is 0.900. The molecule has 16 heavy (non-hydrogen) atoms. The van der Waals surface area contributed by atoms with Crippen LogP contribution in [0.1, 0.15) is 32.6 Å². The van der Waals surface area contributed by atoms with Crippen molar-refractivity contribution in [3.63, 3.8) is 0 Å². The van der Waals surface area contributed by atoms with Gasteiger partial charge in [0.05, 0.1) is 0 Å². The lowest BCUT2D eigenvalue weighted by Gasteiger charge is -2.34. The summed E-state index contributed by atoms with van der Waals surface area (Å²) < 4.78 is 0. The van der Waals surface area contributed by atoms with Gasteiger partial charge in [-0.25, -0.2) is 0 Å². The quantitative estimate of drug-likeness (QED) is 0.300. The summed E-state index contributed by atoms with van der Waals surface area (Å²) in [6, 6.07) is 0. The lowest BCUT2D eigenvalue weighted by atomic mass is 9.76. The molecule has 0 aliphatic heterocycles. The van der Waals surface area contributed by atoms with Crippen LogP contribution in [0.25, 0.3) is 10.4 Å². The molecule has 2 N–H and O–H groups in total. The van der Waals surface area contributed by atoms with Crippen LogP contribution in [0, 0.1) is 5.92 Å². The van der Waals surface area contributed by atoms with Crippen molar-refractivity contribution in [2.45, 2.75) is 38.1 Å². The predicted molar refractivity (Wildman–Crippen MR) is 60.0 cm³/mol. The first kappa shape index (κ1) is 12.8. The summed E-state index contributed by atoms with van der Waals surface area (Å²) in [7, 11) is 0. The minimum atomic E-state index is -0.893. The fourth-order valence-electron chi connectivity index (χ4n) is 1.94. The summed E-state index contributed by atoms with van der Waals surface area (Å²) in [5, 5.41) is 15.5. The topological polar surface area (TPSA) is 98.1 Å². The Hall–Kier alpha value is -1.26. The van der Waals surface area contributed by atoms with Gasteiger partial charge in [-0.3, -0.25) is 4.79 Å². The second kappa shape index (κ2) is 5.72. The maximum Gasteiger partial charge on any atom is 0.323 e. The third kappa shape index (κ3) is 3.40. The molecular formula is C10H18N4O2. The van der Waals surface area contributed by atoms with Crippen molar-refractivity contribution in [2.75, 3.05) is 13.1 Å². The number of nitrogens with one attached hydrogen (secondary N) is 1. The monoisotopic (exact) mass is 226 g/mol. The van der Waals surface area contributed by atoms with Crippen molar-refractivity contribution in [3.8, 4) is 0 Å². The van der Waals surface area contributed by atoms with E-state index in [4.69, 9.17) is 5.53 Å². The third-order valence-corrected chi connectivity index (χ3v) is 3.18. The summed E-state index contributed by atoms with van der Waals surface area (Å²) in [6.45, 7) is 2.38. The maximum absolute atomic E-state index is 11.2. The minimum absolute atomic E-state index is 0.282. The van der Waals surface area contributed by atoms with Crippen molar-refractivity contribution in [1.29, 1.82) is 0 Å². The molecule has 0 heterocycles. The Morgan fingerprint density at radius 2 is 2.38 bits per heavy atom. The minimum Gasteiger partial charge on any atom is -0.480 e. The lowest BCUT2D eigenvalue weighted by Crippen LogP contribution is -2.52. The van der Waals surface area contributed by atoms with Crippen molar-refractivity contribution in [2.24, 2.45) is 11.0 Å². The van der Waals surface area contributed by atoms with Crippen LogP contribution in [0.15, 0.2) is 5.11 Å². The molecule has 1 aliphatic rings. The molecule has 6 heteroatoms. The Balaban J connectivity index is 2.43. The van der Waals surface area contributed by atoms with E-state index in [1.54, 1.807) is 6.92 Å². The molecule has 0 aromatic rings. The van der Waals surface area contributed by atoms with Gasteiger partial charge in [0, 0.05) is 18.0 Å². The highest BCUT2D eigenvalue weighted by atomic mass is 16.4. The molecule has 0 aromatic carbocycles. The second-order valence-corrected chi connectivity index (χ2v) is 4.52. The first-order chi connectivity index (χ1) is 7.58. The van der Waals surface area contributed by atoms with Gasteiger partial charge in [0.2, 0.25) is 0 Å². The van der Waals surface area contributed by atoms with E-state index in [0.29, 0.717) is 18.9 Å². The largest absolute Gasteiger partial charge is 0.480 e. The highest BCUT2D eigenvalue weighted by Gasteiger charge is 2.36. The summed E-state index contributed by atoms with van der Waals surface area (Å²) >= 11 is 0. The van der Waals surface area contributed by atoms with E-state index in [1.165, 1.54) is 6.42 Å². The zero-order valence-electron chi connectivity index (χ0n) is 9.52. The SMILES string of the molecule is CC(CC1CCC1)(NCCN=[N+]=[N-])C(=O)O. The molecule has 90 valence electrons. The molecule has 1 saturated carbocycles.